The minimum absolute atomic E-state index is 0.0633. The number of aliphatic hydroxyl groups excluding tert-OH is 1. The molecule has 2 heterocycles. The summed E-state index contributed by atoms with van der Waals surface area (Å²) >= 11 is 3.36. The van der Waals surface area contributed by atoms with Gasteiger partial charge in [-0.1, -0.05) is 15.9 Å². The van der Waals surface area contributed by atoms with E-state index in [1.165, 1.54) is 0 Å². The number of benzene rings is 2. The number of rotatable bonds is 6. The van der Waals surface area contributed by atoms with Gasteiger partial charge in [-0.3, -0.25) is 9.89 Å². The molecule has 9 nitrogen and oxygen atoms in total. The van der Waals surface area contributed by atoms with Crippen LogP contribution in [0.3, 0.4) is 0 Å². The molecule has 3 aromatic rings. The number of aliphatic carboxylic acids is 1. The highest BCUT2D eigenvalue weighted by Crippen LogP contribution is 2.21. The summed E-state index contributed by atoms with van der Waals surface area (Å²) in [4.78, 5) is 23.1. The van der Waals surface area contributed by atoms with E-state index in [9.17, 15) is 23.1 Å². The van der Waals surface area contributed by atoms with Gasteiger partial charge in [0, 0.05) is 34.7 Å². The van der Waals surface area contributed by atoms with E-state index in [1.807, 2.05) is 30.3 Å². The minimum atomic E-state index is -5.08. The van der Waals surface area contributed by atoms with Crippen molar-refractivity contribution < 1.29 is 37.7 Å². The molecule has 4 N–H and O–H groups in total. The van der Waals surface area contributed by atoms with Crippen molar-refractivity contribution in [2.24, 2.45) is 0 Å². The Morgan fingerprint density at radius 1 is 1.26 bits per heavy atom. The molecule has 0 radical (unpaired) electrons. The van der Waals surface area contributed by atoms with E-state index in [0.717, 1.165) is 27.5 Å². The molecule has 1 fully saturated rings. The number of alkyl halides is 3. The van der Waals surface area contributed by atoms with Gasteiger partial charge in [0.1, 0.15) is 12.4 Å². The second-order valence-electron chi connectivity index (χ2n) is 7.67. The zero-order chi connectivity index (χ0) is 25.6. The Kier molecular flexibility index (Phi) is 8.57. The maximum Gasteiger partial charge on any atom is 0.490 e. The summed E-state index contributed by atoms with van der Waals surface area (Å²) in [6.07, 6.45) is -3.65. The SMILES string of the molecule is O=C(O)C(F)(F)F.O=C([C@H](O)COc1ccc(Br)cc1)N1CCC(Nc2ccc3[nH]ncc3c2)C1. The number of carboxylic acids is 1. The van der Waals surface area contributed by atoms with Crippen molar-refractivity contribution >= 4 is 44.4 Å². The Morgan fingerprint density at radius 2 is 1.94 bits per heavy atom. The van der Waals surface area contributed by atoms with Crippen molar-refractivity contribution in [3.8, 4) is 5.75 Å². The van der Waals surface area contributed by atoms with Crippen LogP contribution in [0.5, 0.6) is 5.75 Å². The first-order chi connectivity index (χ1) is 16.5. The van der Waals surface area contributed by atoms with Crippen molar-refractivity contribution in [3.63, 3.8) is 0 Å². The highest BCUT2D eigenvalue weighted by atomic mass is 79.9. The third kappa shape index (κ3) is 7.59. The number of aromatic nitrogens is 2. The van der Waals surface area contributed by atoms with Crippen LogP contribution in [0.2, 0.25) is 0 Å². The average molecular weight is 559 g/mol. The Hall–Kier alpha value is -3.32. The van der Waals surface area contributed by atoms with E-state index in [1.54, 1.807) is 23.2 Å². The number of nitrogens with zero attached hydrogens (tertiary/aromatic N) is 2. The number of aliphatic hydroxyl groups is 1. The number of aromatic amines is 1. The summed E-state index contributed by atoms with van der Waals surface area (Å²) in [5, 5.41) is 28.8. The second-order valence-corrected chi connectivity index (χ2v) is 8.59. The van der Waals surface area contributed by atoms with Crippen LogP contribution >= 0.6 is 15.9 Å². The van der Waals surface area contributed by atoms with E-state index in [-0.39, 0.29) is 18.6 Å². The number of anilines is 1. The van der Waals surface area contributed by atoms with Gasteiger partial charge in [-0.15, -0.1) is 0 Å². The molecule has 1 amide bonds. The van der Waals surface area contributed by atoms with Crippen LogP contribution in [0.15, 0.2) is 53.1 Å². The fourth-order valence-corrected chi connectivity index (χ4v) is 3.60. The molecule has 188 valence electrons. The minimum Gasteiger partial charge on any atom is -0.490 e. The molecule has 0 spiro atoms. The Morgan fingerprint density at radius 3 is 2.60 bits per heavy atom. The number of amides is 1. The van der Waals surface area contributed by atoms with E-state index >= 15 is 0 Å². The van der Waals surface area contributed by atoms with Gasteiger partial charge in [-0.25, -0.2) is 4.79 Å². The van der Waals surface area contributed by atoms with Crippen molar-refractivity contribution in [1.29, 1.82) is 0 Å². The molecule has 1 aliphatic heterocycles. The molecule has 2 atom stereocenters. The number of carbonyl (C=O) groups excluding carboxylic acids is 1. The number of carbonyl (C=O) groups is 2. The summed E-state index contributed by atoms with van der Waals surface area (Å²) in [6, 6.07) is 13.4. The smallest absolute Gasteiger partial charge is 0.490 e. The fraction of sp³-hybridized carbons (Fsp3) is 0.318. The van der Waals surface area contributed by atoms with Gasteiger partial charge in [-0.05, 0) is 48.9 Å². The van der Waals surface area contributed by atoms with Crippen LogP contribution in [0.4, 0.5) is 18.9 Å². The standard InChI is InChI=1S/C20H21BrN4O3.C2HF3O2/c21-14-1-4-17(5-2-14)28-12-19(26)20(27)25-8-7-16(11-25)23-15-3-6-18-13(9-15)10-22-24-18;3-2(4,5)1(6)7/h1-6,9-10,16,19,23,26H,7-8,11-12H2,(H,22,24);(H,6,7)/t16?,19-;/m1./s1. The molecule has 2 aromatic carbocycles. The van der Waals surface area contributed by atoms with Crippen LogP contribution in [-0.4, -0.2) is 75.2 Å². The zero-order valence-electron chi connectivity index (χ0n) is 18.1. The molecule has 4 rings (SSSR count). The largest absolute Gasteiger partial charge is 0.490 e. The maximum atomic E-state index is 12.5. The normalized spacial score (nSPS) is 16.4. The second kappa shape index (κ2) is 11.4. The lowest BCUT2D eigenvalue weighted by Crippen LogP contribution is -2.41. The lowest BCUT2D eigenvalue weighted by atomic mass is 10.2. The number of likely N-dealkylation sites (tertiary alicyclic amines) is 1. The quantitative estimate of drug-likeness (QED) is 0.365. The Labute approximate surface area is 206 Å². The summed E-state index contributed by atoms with van der Waals surface area (Å²) in [7, 11) is 0. The molecule has 35 heavy (non-hydrogen) atoms. The molecular weight excluding hydrogens is 537 g/mol. The number of ether oxygens (including phenoxy) is 1. The van der Waals surface area contributed by atoms with Crippen LogP contribution in [-0.2, 0) is 9.59 Å². The number of hydrogen-bond donors (Lipinski definition) is 4. The predicted octanol–water partition coefficient (Wildman–Crippen LogP) is 3.41. The molecule has 0 bridgehead atoms. The number of hydrogen-bond acceptors (Lipinski definition) is 6. The van der Waals surface area contributed by atoms with Crippen LogP contribution in [0, 0.1) is 0 Å². The van der Waals surface area contributed by atoms with E-state index < -0.39 is 18.2 Å². The van der Waals surface area contributed by atoms with E-state index in [4.69, 9.17) is 14.6 Å². The third-order valence-electron chi connectivity index (χ3n) is 5.06. The topological polar surface area (TPSA) is 128 Å². The summed E-state index contributed by atoms with van der Waals surface area (Å²) in [5.74, 6) is -2.44. The lowest BCUT2D eigenvalue weighted by molar-refractivity contribution is -0.192. The van der Waals surface area contributed by atoms with Crippen molar-refractivity contribution in [1.82, 2.24) is 15.1 Å². The summed E-state index contributed by atoms with van der Waals surface area (Å²) < 4.78 is 38.2. The van der Waals surface area contributed by atoms with Crippen molar-refractivity contribution in [2.45, 2.75) is 24.7 Å². The monoisotopic (exact) mass is 558 g/mol. The molecule has 1 aliphatic rings. The first kappa shape index (κ1) is 26.3. The third-order valence-corrected chi connectivity index (χ3v) is 5.59. The van der Waals surface area contributed by atoms with Gasteiger partial charge in [0.05, 0.1) is 11.7 Å². The lowest BCUT2D eigenvalue weighted by Gasteiger charge is -2.21. The Bertz CT molecular complexity index is 1160. The molecule has 1 unspecified atom stereocenters. The molecule has 1 saturated heterocycles. The summed E-state index contributed by atoms with van der Waals surface area (Å²) in [6.45, 7) is 1.10. The molecule has 13 heteroatoms. The van der Waals surface area contributed by atoms with Crippen LogP contribution in [0.1, 0.15) is 6.42 Å². The number of fused-ring (bicyclic) bond motifs is 1. The fourth-order valence-electron chi connectivity index (χ4n) is 3.33. The maximum absolute atomic E-state index is 12.5. The molecular formula is C22H22BrF3N4O5. The van der Waals surface area contributed by atoms with Crippen molar-refractivity contribution in [3.05, 3.63) is 53.1 Å². The van der Waals surface area contributed by atoms with Crippen LogP contribution < -0.4 is 10.1 Å². The number of carboxylic acid groups (broad SMARTS) is 1. The van der Waals surface area contributed by atoms with E-state index in [0.29, 0.717) is 18.8 Å². The zero-order valence-corrected chi connectivity index (χ0v) is 19.7. The molecule has 0 aliphatic carbocycles. The summed E-state index contributed by atoms with van der Waals surface area (Å²) in [5.41, 5.74) is 1.98. The van der Waals surface area contributed by atoms with E-state index in [2.05, 4.69) is 31.4 Å². The Balaban J connectivity index is 0.000000429. The molecule has 1 aromatic heterocycles. The first-order valence-corrected chi connectivity index (χ1v) is 11.2. The van der Waals surface area contributed by atoms with Gasteiger partial charge >= 0.3 is 12.1 Å². The number of H-pyrrole nitrogens is 1. The highest BCUT2D eigenvalue weighted by Gasteiger charge is 2.38. The van der Waals surface area contributed by atoms with Gasteiger partial charge in [0.25, 0.3) is 5.91 Å². The van der Waals surface area contributed by atoms with Gasteiger partial charge in [-0.2, -0.15) is 18.3 Å². The predicted molar refractivity (Wildman–Crippen MR) is 124 cm³/mol. The van der Waals surface area contributed by atoms with Crippen LogP contribution in [0.25, 0.3) is 10.9 Å². The van der Waals surface area contributed by atoms with Gasteiger partial charge < -0.3 is 25.2 Å². The number of nitrogens with one attached hydrogen (secondary N) is 2. The van der Waals surface area contributed by atoms with Gasteiger partial charge in [0.15, 0.2) is 6.10 Å². The first-order valence-electron chi connectivity index (χ1n) is 10.4. The molecule has 0 saturated carbocycles. The number of halogens is 4. The average Bonchev–Trinajstić information content (AvgIpc) is 3.47. The van der Waals surface area contributed by atoms with Gasteiger partial charge in [0.2, 0.25) is 0 Å². The highest BCUT2D eigenvalue weighted by molar-refractivity contribution is 9.10. The van der Waals surface area contributed by atoms with Crippen molar-refractivity contribution in [2.75, 3.05) is 25.0 Å².